The van der Waals surface area contributed by atoms with Crippen molar-refractivity contribution >= 4 is 11.9 Å². The van der Waals surface area contributed by atoms with Crippen LogP contribution in [0.5, 0.6) is 5.75 Å². The van der Waals surface area contributed by atoms with Crippen LogP contribution in [0.1, 0.15) is 29.9 Å². The molecule has 0 radical (unpaired) electrons. The van der Waals surface area contributed by atoms with Crippen LogP contribution in [0.4, 0.5) is 5.95 Å². The molecule has 0 saturated carbocycles. The van der Waals surface area contributed by atoms with Crippen molar-refractivity contribution in [3.05, 3.63) is 51.9 Å². The van der Waals surface area contributed by atoms with Gasteiger partial charge in [0.05, 0.1) is 13.2 Å². The number of anilines is 1. The minimum absolute atomic E-state index is 0.0830. The molecule has 134 valence electrons. The number of nitrogens with zero attached hydrogens (tertiary/aromatic N) is 3. The van der Waals surface area contributed by atoms with E-state index in [1.165, 1.54) is 4.57 Å². The molecule has 0 amide bonds. The fraction of sp³-hybridized carbons (Fsp3) is 0.389. The molecule has 0 aliphatic rings. The third kappa shape index (κ3) is 4.17. The highest BCUT2D eigenvalue weighted by Gasteiger charge is 2.24. The maximum atomic E-state index is 12.6. The fourth-order valence-corrected chi connectivity index (χ4v) is 2.45. The molecule has 0 unspecified atom stereocenters. The molecule has 0 atom stereocenters. The van der Waals surface area contributed by atoms with Crippen LogP contribution in [0, 0.1) is 0 Å². The first-order valence-electron chi connectivity index (χ1n) is 8.15. The molecule has 1 heterocycles. The lowest BCUT2D eigenvalue weighted by atomic mass is 10.2. The Kier molecular flexibility index (Phi) is 6.16. The molecule has 0 saturated heterocycles. The van der Waals surface area contributed by atoms with Gasteiger partial charge < -0.3 is 14.4 Å². The highest BCUT2D eigenvalue weighted by atomic mass is 16.5. The molecule has 7 heteroatoms. The Morgan fingerprint density at radius 3 is 2.48 bits per heavy atom. The summed E-state index contributed by atoms with van der Waals surface area (Å²) in [5.74, 6) is -0.390. The van der Waals surface area contributed by atoms with Gasteiger partial charge in [0.25, 0.3) is 5.56 Å². The minimum Gasteiger partial charge on any atom is -0.486 e. The summed E-state index contributed by atoms with van der Waals surface area (Å²) in [6.45, 7) is 4.42. The number of hydrogen-bond donors (Lipinski definition) is 0. The zero-order valence-electron chi connectivity index (χ0n) is 15.0. The Bertz CT molecular complexity index is 787. The molecule has 1 aromatic heterocycles. The van der Waals surface area contributed by atoms with E-state index in [0.717, 1.165) is 5.56 Å². The van der Waals surface area contributed by atoms with Gasteiger partial charge in [-0.1, -0.05) is 30.3 Å². The molecule has 2 rings (SSSR count). The van der Waals surface area contributed by atoms with Gasteiger partial charge in [-0.05, 0) is 19.4 Å². The number of carbonyl (C=O) groups excluding carboxylic acids is 1. The van der Waals surface area contributed by atoms with Gasteiger partial charge in [-0.15, -0.1) is 0 Å². The summed E-state index contributed by atoms with van der Waals surface area (Å²) in [6, 6.07) is 9.79. The highest BCUT2D eigenvalue weighted by Crippen LogP contribution is 2.18. The first-order chi connectivity index (χ1) is 12.0. The number of esters is 1. The van der Waals surface area contributed by atoms with Crippen molar-refractivity contribution in [1.29, 1.82) is 0 Å². The topological polar surface area (TPSA) is 73.7 Å². The van der Waals surface area contributed by atoms with Gasteiger partial charge in [-0.3, -0.25) is 9.36 Å². The van der Waals surface area contributed by atoms with Gasteiger partial charge in [0.1, 0.15) is 0 Å². The second kappa shape index (κ2) is 8.32. The zero-order valence-corrected chi connectivity index (χ0v) is 15.0. The van der Waals surface area contributed by atoms with Gasteiger partial charge in [-0.25, -0.2) is 9.78 Å². The largest absolute Gasteiger partial charge is 0.486 e. The van der Waals surface area contributed by atoms with E-state index >= 15 is 0 Å². The van der Waals surface area contributed by atoms with Crippen LogP contribution in [0.15, 0.2) is 35.1 Å². The average Bonchev–Trinajstić information content (AvgIpc) is 2.60. The van der Waals surface area contributed by atoms with Crippen LogP contribution < -0.4 is 15.2 Å². The smallest absolute Gasteiger partial charge is 0.361 e. The number of carbonyl (C=O) groups is 1. The van der Waals surface area contributed by atoms with E-state index in [-0.39, 0.29) is 24.7 Å². The summed E-state index contributed by atoms with van der Waals surface area (Å²) in [5, 5.41) is 0. The molecule has 0 fully saturated rings. The Hall–Kier alpha value is -2.83. The zero-order chi connectivity index (χ0) is 18.4. The lowest BCUT2D eigenvalue weighted by Gasteiger charge is -2.22. The van der Waals surface area contributed by atoms with Crippen molar-refractivity contribution < 1.29 is 14.3 Å². The van der Waals surface area contributed by atoms with Crippen LogP contribution in [-0.2, 0) is 18.3 Å². The van der Waals surface area contributed by atoms with E-state index in [4.69, 9.17) is 9.47 Å². The Labute approximate surface area is 146 Å². The minimum atomic E-state index is -0.669. The molecule has 0 bridgehead atoms. The third-order valence-electron chi connectivity index (χ3n) is 3.59. The van der Waals surface area contributed by atoms with E-state index in [1.54, 1.807) is 25.8 Å². The third-order valence-corrected chi connectivity index (χ3v) is 3.59. The van der Waals surface area contributed by atoms with E-state index < -0.39 is 11.5 Å². The molecule has 25 heavy (non-hydrogen) atoms. The second-order valence-electron chi connectivity index (χ2n) is 5.45. The first kappa shape index (κ1) is 18.5. The van der Waals surface area contributed by atoms with Gasteiger partial charge in [0.15, 0.2) is 5.69 Å². The summed E-state index contributed by atoms with van der Waals surface area (Å²) in [5.41, 5.74) is 0.544. The summed E-state index contributed by atoms with van der Waals surface area (Å²) < 4.78 is 11.7. The van der Waals surface area contributed by atoms with Crippen molar-refractivity contribution in [3.8, 4) is 5.75 Å². The average molecular weight is 345 g/mol. The predicted octanol–water partition coefficient (Wildman–Crippen LogP) is 1.99. The summed E-state index contributed by atoms with van der Waals surface area (Å²) in [4.78, 5) is 31.0. The second-order valence-corrected chi connectivity index (χ2v) is 5.45. The molecule has 0 aliphatic carbocycles. The molecular formula is C18H23N3O4. The predicted molar refractivity (Wildman–Crippen MR) is 95.2 cm³/mol. The summed E-state index contributed by atoms with van der Waals surface area (Å²) in [6.07, 6.45) is 0. The van der Waals surface area contributed by atoms with Crippen LogP contribution in [0.25, 0.3) is 0 Å². The monoisotopic (exact) mass is 345 g/mol. The van der Waals surface area contributed by atoms with Crippen LogP contribution in [0.2, 0.25) is 0 Å². The quantitative estimate of drug-likeness (QED) is 0.715. The number of ether oxygens (including phenoxy) is 2. The number of aromatic nitrogens is 2. The lowest BCUT2D eigenvalue weighted by molar-refractivity contribution is 0.0513. The summed E-state index contributed by atoms with van der Waals surface area (Å²) >= 11 is 0. The van der Waals surface area contributed by atoms with Crippen molar-refractivity contribution in [2.75, 3.05) is 25.2 Å². The van der Waals surface area contributed by atoms with Crippen molar-refractivity contribution in [2.45, 2.75) is 20.4 Å². The standard InChI is InChI=1S/C18H23N3O4/c1-5-24-15-14(17(23)25-6-2)19-18(21(4)16(15)22)20(3)12-13-10-8-7-9-11-13/h7-11H,5-6,12H2,1-4H3. The molecule has 7 nitrogen and oxygen atoms in total. The van der Waals surface area contributed by atoms with Gasteiger partial charge in [0.2, 0.25) is 11.7 Å². The molecule has 1 aromatic carbocycles. The number of hydrogen-bond acceptors (Lipinski definition) is 6. The van der Waals surface area contributed by atoms with E-state index in [1.807, 2.05) is 37.4 Å². The van der Waals surface area contributed by atoms with Crippen LogP contribution >= 0.6 is 0 Å². The normalized spacial score (nSPS) is 10.4. The first-order valence-corrected chi connectivity index (χ1v) is 8.15. The molecular weight excluding hydrogens is 322 g/mol. The van der Waals surface area contributed by atoms with Crippen molar-refractivity contribution in [1.82, 2.24) is 9.55 Å². The van der Waals surface area contributed by atoms with Gasteiger partial charge in [-0.2, -0.15) is 0 Å². The van der Waals surface area contributed by atoms with E-state index in [0.29, 0.717) is 12.5 Å². The van der Waals surface area contributed by atoms with Crippen molar-refractivity contribution in [2.24, 2.45) is 7.05 Å². The molecule has 2 aromatic rings. The molecule has 0 aliphatic heterocycles. The molecule has 0 spiro atoms. The number of benzene rings is 1. The maximum Gasteiger partial charge on any atom is 0.361 e. The van der Waals surface area contributed by atoms with Crippen LogP contribution in [0.3, 0.4) is 0 Å². The number of rotatable bonds is 7. The van der Waals surface area contributed by atoms with E-state index in [2.05, 4.69) is 4.98 Å². The maximum absolute atomic E-state index is 12.6. The van der Waals surface area contributed by atoms with Gasteiger partial charge >= 0.3 is 5.97 Å². The lowest BCUT2D eigenvalue weighted by Crippen LogP contribution is -2.31. The SMILES string of the molecule is CCOC(=O)c1nc(N(C)Cc2ccccc2)n(C)c(=O)c1OCC. The Balaban J connectivity index is 2.47. The Morgan fingerprint density at radius 1 is 1.20 bits per heavy atom. The van der Waals surface area contributed by atoms with Crippen molar-refractivity contribution in [3.63, 3.8) is 0 Å². The fourth-order valence-electron chi connectivity index (χ4n) is 2.45. The summed E-state index contributed by atoms with van der Waals surface area (Å²) in [7, 11) is 3.41. The van der Waals surface area contributed by atoms with Gasteiger partial charge in [0, 0.05) is 20.6 Å². The molecule has 0 N–H and O–H groups in total. The Morgan fingerprint density at radius 2 is 1.88 bits per heavy atom. The highest BCUT2D eigenvalue weighted by molar-refractivity contribution is 5.90. The van der Waals surface area contributed by atoms with E-state index in [9.17, 15) is 9.59 Å². The van der Waals surface area contributed by atoms with Crippen LogP contribution in [-0.4, -0.2) is 35.8 Å².